The van der Waals surface area contributed by atoms with Crippen molar-refractivity contribution in [1.82, 2.24) is 0 Å². The van der Waals surface area contributed by atoms with Gasteiger partial charge in [-0.1, -0.05) is 84.6 Å². The topological polar surface area (TPSA) is 9.23 Å². The summed E-state index contributed by atoms with van der Waals surface area (Å²) in [6.07, 6.45) is 14.1. The number of hydrogen-bond acceptors (Lipinski definition) is 1. The molecule has 19 heavy (non-hydrogen) atoms. The molecule has 0 rings (SSSR count). The van der Waals surface area contributed by atoms with E-state index in [0.717, 1.165) is 13.0 Å². The van der Waals surface area contributed by atoms with Gasteiger partial charge in [-0.3, -0.25) is 0 Å². The van der Waals surface area contributed by atoms with Crippen LogP contribution < -0.4 is 0 Å². The Balaban J connectivity index is 4.07. The third-order valence-corrected chi connectivity index (χ3v) is 3.96. The van der Waals surface area contributed by atoms with Gasteiger partial charge in [-0.25, -0.2) is 0 Å². The second-order valence-electron chi connectivity index (χ2n) is 5.57. The van der Waals surface area contributed by atoms with Gasteiger partial charge in [0.05, 0.1) is 0 Å². The number of hydrogen-bond donors (Lipinski definition) is 0. The van der Waals surface area contributed by atoms with Crippen LogP contribution in [0, 0.1) is 5.92 Å². The summed E-state index contributed by atoms with van der Waals surface area (Å²) in [6, 6.07) is 0. The molecule has 1 unspecified atom stereocenters. The van der Waals surface area contributed by atoms with Crippen molar-refractivity contribution in [3.8, 4) is 0 Å². The molecule has 0 aromatic rings. The highest BCUT2D eigenvalue weighted by Crippen LogP contribution is 2.29. The van der Waals surface area contributed by atoms with Crippen molar-refractivity contribution < 1.29 is 4.74 Å². The van der Waals surface area contributed by atoms with Crippen LogP contribution in [-0.2, 0) is 4.74 Å². The highest BCUT2D eigenvalue weighted by molar-refractivity contribution is 5.12. The van der Waals surface area contributed by atoms with Crippen LogP contribution in [0.15, 0.2) is 25.3 Å². The van der Waals surface area contributed by atoms with Gasteiger partial charge in [0, 0.05) is 6.61 Å². The Morgan fingerprint density at radius 2 is 1.53 bits per heavy atom. The Kier molecular flexibility index (Phi) is 10.9. The molecule has 0 spiro atoms. The van der Waals surface area contributed by atoms with E-state index in [0.29, 0.717) is 5.92 Å². The SMILES string of the molecule is C=CC(C=C)(OCCC)C(C)CCCCCCCC. The summed E-state index contributed by atoms with van der Waals surface area (Å²) in [4.78, 5) is 0. The van der Waals surface area contributed by atoms with E-state index in [1.165, 1.54) is 44.9 Å². The van der Waals surface area contributed by atoms with E-state index in [2.05, 4.69) is 33.9 Å². The Labute approximate surface area is 121 Å². The van der Waals surface area contributed by atoms with Crippen LogP contribution in [0.1, 0.15) is 72.1 Å². The molecule has 0 aromatic carbocycles. The average molecular weight is 266 g/mol. The van der Waals surface area contributed by atoms with E-state index in [4.69, 9.17) is 4.74 Å². The highest BCUT2D eigenvalue weighted by Gasteiger charge is 2.30. The van der Waals surface area contributed by atoms with Gasteiger partial charge in [0.15, 0.2) is 0 Å². The third-order valence-electron chi connectivity index (χ3n) is 3.96. The first-order valence-electron chi connectivity index (χ1n) is 8.08. The molecule has 0 aromatic heterocycles. The summed E-state index contributed by atoms with van der Waals surface area (Å²) in [5.41, 5.74) is -0.334. The first-order chi connectivity index (χ1) is 9.16. The maximum Gasteiger partial charge on any atom is 0.106 e. The standard InChI is InChI=1S/C18H34O/c1-6-10-11-12-13-14-15-17(5)18(8-3,9-4)19-16-7-2/h8-9,17H,3-4,6-7,10-16H2,1-2,5H3. The zero-order valence-electron chi connectivity index (χ0n) is 13.4. The van der Waals surface area contributed by atoms with Gasteiger partial charge in [0.1, 0.15) is 5.60 Å². The van der Waals surface area contributed by atoms with Crippen LogP contribution in [0.25, 0.3) is 0 Å². The maximum absolute atomic E-state index is 6.00. The first kappa shape index (κ1) is 18.4. The van der Waals surface area contributed by atoms with Crippen LogP contribution in [-0.4, -0.2) is 12.2 Å². The molecule has 0 saturated carbocycles. The van der Waals surface area contributed by atoms with Crippen molar-refractivity contribution in [2.45, 2.75) is 77.7 Å². The largest absolute Gasteiger partial charge is 0.367 e. The molecule has 1 nitrogen and oxygen atoms in total. The molecule has 0 heterocycles. The van der Waals surface area contributed by atoms with Crippen molar-refractivity contribution in [1.29, 1.82) is 0 Å². The van der Waals surface area contributed by atoms with Gasteiger partial charge in [0.25, 0.3) is 0 Å². The maximum atomic E-state index is 6.00. The van der Waals surface area contributed by atoms with E-state index >= 15 is 0 Å². The second-order valence-corrected chi connectivity index (χ2v) is 5.57. The minimum Gasteiger partial charge on any atom is -0.367 e. The third kappa shape index (κ3) is 6.96. The van der Waals surface area contributed by atoms with Crippen LogP contribution in [0.4, 0.5) is 0 Å². The monoisotopic (exact) mass is 266 g/mol. The van der Waals surface area contributed by atoms with Gasteiger partial charge in [0.2, 0.25) is 0 Å². The molecule has 0 fully saturated rings. The summed E-state index contributed by atoms with van der Waals surface area (Å²) in [5.74, 6) is 0.459. The van der Waals surface area contributed by atoms with E-state index in [1.807, 2.05) is 12.2 Å². The van der Waals surface area contributed by atoms with E-state index in [1.54, 1.807) is 0 Å². The molecule has 0 radical (unpaired) electrons. The molecule has 112 valence electrons. The molecule has 1 heteroatoms. The van der Waals surface area contributed by atoms with Gasteiger partial charge in [-0.05, 0) is 18.8 Å². The van der Waals surface area contributed by atoms with Gasteiger partial charge in [-0.2, -0.15) is 0 Å². The summed E-state index contributed by atoms with van der Waals surface area (Å²) < 4.78 is 6.00. The minimum absolute atomic E-state index is 0.334. The lowest BCUT2D eigenvalue weighted by Gasteiger charge is -2.33. The van der Waals surface area contributed by atoms with Crippen molar-refractivity contribution in [3.63, 3.8) is 0 Å². The lowest BCUT2D eigenvalue weighted by Crippen LogP contribution is -2.35. The zero-order chi connectivity index (χ0) is 14.6. The number of unbranched alkanes of at least 4 members (excludes halogenated alkanes) is 5. The van der Waals surface area contributed by atoms with Crippen LogP contribution in [0.3, 0.4) is 0 Å². The molecular formula is C18H34O. The Bertz CT molecular complexity index is 224. The first-order valence-corrected chi connectivity index (χ1v) is 8.08. The summed E-state index contributed by atoms with van der Waals surface area (Å²) in [7, 11) is 0. The van der Waals surface area contributed by atoms with Crippen molar-refractivity contribution in [2.24, 2.45) is 5.92 Å². The van der Waals surface area contributed by atoms with Crippen molar-refractivity contribution >= 4 is 0 Å². The fourth-order valence-electron chi connectivity index (χ4n) is 2.48. The molecule has 0 bridgehead atoms. The van der Waals surface area contributed by atoms with Crippen LogP contribution in [0.2, 0.25) is 0 Å². The predicted molar refractivity (Wildman–Crippen MR) is 86.5 cm³/mol. The lowest BCUT2D eigenvalue weighted by atomic mass is 9.84. The smallest absolute Gasteiger partial charge is 0.106 e. The van der Waals surface area contributed by atoms with Crippen LogP contribution >= 0.6 is 0 Å². The molecule has 0 saturated heterocycles. The zero-order valence-corrected chi connectivity index (χ0v) is 13.4. The molecular weight excluding hydrogens is 232 g/mol. The minimum atomic E-state index is -0.334. The Hall–Kier alpha value is -0.560. The number of rotatable bonds is 13. The van der Waals surface area contributed by atoms with Gasteiger partial charge < -0.3 is 4.74 Å². The molecule has 0 aliphatic carbocycles. The van der Waals surface area contributed by atoms with Gasteiger partial charge >= 0.3 is 0 Å². The van der Waals surface area contributed by atoms with E-state index < -0.39 is 0 Å². The van der Waals surface area contributed by atoms with Crippen LogP contribution in [0.5, 0.6) is 0 Å². The fourth-order valence-corrected chi connectivity index (χ4v) is 2.48. The molecule has 0 N–H and O–H groups in total. The van der Waals surface area contributed by atoms with E-state index in [-0.39, 0.29) is 5.60 Å². The quantitative estimate of drug-likeness (QED) is 0.297. The Morgan fingerprint density at radius 3 is 2.05 bits per heavy atom. The average Bonchev–Trinajstić information content (AvgIpc) is 2.44. The second kappa shape index (κ2) is 11.3. The van der Waals surface area contributed by atoms with Crippen molar-refractivity contribution in [2.75, 3.05) is 6.61 Å². The Morgan fingerprint density at radius 1 is 0.947 bits per heavy atom. The van der Waals surface area contributed by atoms with Gasteiger partial charge in [-0.15, -0.1) is 0 Å². The fraction of sp³-hybridized carbons (Fsp3) is 0.778. The molecule has 0 aliphatic rings. The summed E-state index contributed by atoms with van der Waals surface area (Å²) in [6.45, 7) is 15.3. The molecule has 0 aliphatic heterocycles. The molecule has 0 amide bonds. The molecule has 1 atom stereocenters. The predicted octanol–water partition coefficient (Wildman–Crippen LogP) is 5.91. The number of ether oxygens (including phenoxy) is 1. The van der Waals surface area contributed by atoms with Crippen molar-refractivity contribution in [3.05, 3.63) is 25.3 Å². The highest BCUT2D eigenvalue weighted by atomic mass is 16.5. The normalized spacial score (nSPS) is 13.2. The summed E-state index contributed by atoms with van der Waals surface area (Å²) in [5, 5.41) is 0. The summed E-state index contributed by atoms with van der Waals surface area (Å²) >= 11 is 0. The van der Waals surface area contributed by atoms with E-state index in [9.17, 15) is 0 Å². The lowest BCUT2D eigenvalue weighted by molar-refractivity contribution is -0.0122.